The molecule has 2 aromatic rings. The van der Waals surface area contributed by atoms with Crippen molar-refractivity contribution in [3.63, 3.8) is 0 Å². The predicted molar refractivity (Wildman–Crippen MR) is 84.8 cm³/mol. The van der Waals surface area contributed by atoms with Gasteiger partial charge >= 0.3 is 0 Å². The van der Waals surface area contributed by atoms with Gasteiger partial charge in [-0.1, -0.05) is 29.8 Å². The largest absolute Gasteiger partial charge is 0.454 e. The van der Waals surface area contributed by atoms with Crippen LogP contribution in [0.3, 0.4) is 0 Å². The zero-order chi connectivity index (χ0) is 15.7. The van der Waals surface area contributed by atoms with Gasteiger partial charge in [0.2, 0.25) is 16.8 Å². The summed E-state index contributed by atoms with van der Waals surface area (Å²) in [5, 5.41) is 0. The summed E-state index contributed by atoms with van der Waals surface area (Å²) in [6.45, 7) is 2.11. The Balaban J connectivity index is 1.85. The second-order valence-corrected chi connectivity index (χ2v) is 7.25. The molecule has 0 atom stereocenters. The molecule has 0 radical (unpaired) electrons. The molecule has 3 rings (SSSR count). The molecule has 0 saturated heterocycles. The Bertz CT molecular complexity index is 802. The molecule has 1 aliphatic rings. The lowest BCUT2D eigenvalue weighted by molar-refractivity contribution is 0.174. The van der Waals surface area contributed by atoms with E-state index in [0.29, 0.717) is 17.2 Å². The quantitative estimate of drug-likeness (QED) is 0.869. The van der Waals surface area contributed by atoms with Gasteiger partial charge < -0.3 is 9.47 Å². The van der Waals surface area contributed by atoms with Crippen LogP contribution >= 0.6 is 0 Å². The Morgan fingerprint density at radius 3 is 2.64 bits per heavy atom. The molecule has 0 fully saturated rings. The van der Waals surface area contributed by atoms with Gasteiger partial charge in [-0.05, 0) is 24.6 Å². The number of aryl methyl sites for hydroxylation is 1. The van der Waals surface area contributed by atoms with Crippen molar-refractivity contribution in [2.75, 3.05) is 18.1 Å². The van der Waals surface area contributed by atoms with Crippen LogP contribution in [0.15, 0.2) is 42.5 Å². The van der Waals surface area contributed by atoms with Gasteiger partial charge in [0.25, 0.3) is 0 Å². The van der Waals surface area contributed by atoms with E-state index in [4.69, 9.17) is 9.47 Å². The van der Waals surface area contributed by atoms with Crippen molar-refractivity contribution in [1.82, 2.24) is 0 Å². The van der Waals surface area contributed by atoms with E-state index in [9.17, 15) is 8.42 Å². The monoisotopic (exact) mass is 319 g/mol. The summed E-state index contributed by atoms with van der Waals surface area (Å²) >= 11 is 0. The standard InChI is InChI=1S/C16H17NO4S/c1-12-4-3-5-13(8-12)10-22(18,19)17(2)14-6-7-15-16(9-14)21-11-20-15/h3-9H,10-11H2,1-2H3. The Hall–Kier alpha value is -2.21. The maximum atomic E-state index is 12.6. The third kappa shape index (κ3) is 2.87. The molecule has 22 heavy (non-hydrogen) atoms. The van der Waals surface area contributed by atoms with Gasteiger partial charge in [0.15, 0.2) is 11.5 Å². The van der Waals surface area contributed by atoms with Crippen LogP contribution in [0.25, 0.3) is 0 Å². The van der Waals surface area contributed by atoms with E-state index in [1.807, 2.05) is 31.2 Å². The van der Waals surface area contributed by atoms with Crippen LogP contribution in [0.5, 0.6) is 11.5 Å². The molecule has 2 aromatic carbocycles. The van der Waals surface area contributed by atoms with Crippen LogP contribution in [0.4, 0.5) is 5.69 Å². The maximum absolute atomic E-state index is 12.6. The van der Waals surface area contributed by atoms with Crippen molar-refractivity contribution in [3.8, 4) is 11.5 Å². The van der Waals surface area contributed by atoms with Crippen molar-refractivity contribution in [1.29, 1.82) is 0 Å². The average molecular weight is 319 g/mol. The summed E-state index contributed by atoms with van der Waals surface area (Å²) in [7, 11) is -1.92. The summed E-state index contributed by atoms with van der Waals surface area (Å²) < 4.78 is 36.9. The highest BCUT2D eigenvalue weighted by atomic mass is 32.2. The lowest BCUT2D eigenvalue weighted by atomic mass is 10.2. The first-order valence-electron chi connectivity index (χ1n) is 6.87. The first kappa shape index (κ1) is 14.7. The van der Waals surface area contributed by atoms with E-state index in [2.05, 4.69) is 0 Å². The Morgan fingerprint density at radius 2 is 1.86 bits per heavy atom. The summed E-state index contributed by atoms with van der Waals surface area (Å²) in [4.78, 5) is 0. The van der Waals surface area contributed by atoms with E-state index in [-0.39, 0.29) is 12.5 Å². The van der Waals surface area contributed by atoms with Gasteiger partial charge in [-0.2, -0.15) is 0 Å². The van der Waals surface area contributed by atoms with Gasteiger partial charge in [-0.15, -0.1) is 0 Å². The minimum atomic E-state index is -3.46. The second kappa shape index (κ2) is 5.53. The van der Waals surface area contributed by atoms with Crippen LogP contribution in [0, 0.1) is 6.92 Å². The molecule has 0 aliphatic carbocycles. The first-order valence-corrected chi connectivity index (χ1v) is 8.48. The van der Waals surface area contributed by atoms with Gasteiger partial charge in [-0.3, -0.25) is 4.31 Å². The molecule has 1 heterocycles. The molecule has 0 N–H and O–H groups in total. The number of hydrogen-bond acceptors (Lipinski definition) is 4. The number of benzene rings is 2. The lowest BCUT2D eigenvalue weighted by Gasteiger charge is -2.20. The maximum Gasteiger partial charge on any atom is 0.239 e. The smallest absolute Gasteiger partial charge is 0.239 e. The van der Waals surface area contributed by atoms with Gasteiger partial charge in [0.1, 0.15) is 0 Å². The van der Waals surface area contributed by atoms with Crippen LogP contribution in [0.2, 0.25) is 0 Å². The molecular formula is C16H17NO4S. The van der Waals surface area contributed by atoms with Crippen molar-refractivity contribution in [2.24, 2.45) is 0 Å². The number of ether oxygens (including phenoxy) is 2. The number of anilines is 1. The van der Waals surface area contributed by atoms with Gasteiger partial charge in [-0.25, -0.2) is 8.42 Å². The lowest BCUT2D eigenvalue weighted by Crippen LogP contribution is -2.27. The van der Waals surface area contributed by atoms with Crippen LogP contribution in [-0.4, -0.2) is 22.3 Å². The van der Waals surface area contributed by atoms with E-state index in [0.717, 1.165) is 11.1 Å². The highest BCUT2D eigenvalue weighted by Crippen LogP contribution is 2.36. The zero-order valence-corrected chi connectivity index (χ0v) is 13.3. The van der Waals surface area contributed by atoms with Gasteiger partial charge in [0.05, 0.1) is 11.4 Å². The first-order chi connectivity index (χ1) is 10.5. The van der Waals surface area contributed by atoms with Crippen LogP contribution in [0.1, 0.15) is 11.1 Å². The molecular weight excluding hydrogens is 302 g/mol. The molecule has 0 saturated carbocycles. The normalized spacial score (nSPS) is 13.2. The Labute approximate surface area is 130 Å². The number of sulfonamides is 1. The number of rotatable bonds is 4. The summed E-state index contributed by atoms with van der Waals surface area (Å²) in [5.74, 6) is 1.16. The fourth-order valence-electron chi connectivity index (χ4n) is 2.35. The molecule has 1 aliphatic heterocycles. The predicted octanol–water partition coefficient (Wildman–Crippen LogP) is 2.69. The Kier molecular flexibility index (Phi) is 3.70. The Morgan fingerprint density at radius 1 is 1.09 bits per heavy atom. The second-order valence-electron chi connectivity index (χ2n) is 5.25. The molecule has 0 bridgehead atoms. The molecule has 0 spiro atoms. The summed E-state index contributed by atoms with van der Waals surface area (Å²) in [6, 6.07) is 12.6. The fourth-order valence-corrected chi connectivity index (χ4v) is 3.58. The van der Waals surface area contributed by atoms with Crippen molar-refractivity contribution >= 4 is 15.7 Å². The number of hydrogen-bond donors (Lipinski definition) is 0. The highest BCUT2D eigenvalue weighted by molar-refractivity contribution is 7.92. The number of fused-ring (bicyclic) bond motifs is 1. The van der Waals surface area contributed by atoms with E-state index >= 15 is 0 Å². The highest BCUT2D eigenvalue weighted by Gasteiger charge is 2.22. The minimum absolute atomic E-state index is 0.0420. The van der Waals surface area contributed by atoms with Crippen molar-refractivity contribution < 1.29 is 17.9 Å². The molecule has 6 heteroatoms. The fraction of sp³-hybridized carbons (Fsp3) is 0.250. The van der Waals surface area contributed by atoms with E-state index in [1.165, 1.54) is 4.31 Å². The summed E-state index contributed by atoms with van der Waals surface area (Å²) in [6.07, 6.45) is 0. The minimum Gasteiger partial charge on any atom is -0.454 e. The molecule has 0 aromatic heterocycles. The zero-order valence-electron chi connectivity index (χ0n) is 12.4. The number of nitrogens with zero attached hydrogens (tertiary/aromatic N) is 1. The topological polar surface area (TPSA) is 55.8 Å². The van der Waals surface area contributed by atoms with Crippen molar-refractivity contribution in [3.05, 3.63) is 53.6 Å². The average Bonchev–Trinajstić information content (AvgIpc) is 2.93. The molecule has 5 nitrogen and oxygen atoms in total. The molecule has 116 valence electrons. The van der Waals surface area contributed by atoms with Crippen LogP contribution in [-0.2, 0) is 15.8 Å². The van der Waals surface area contributed by atoms with Crippen molar-refractivity contribution in [2.45, 2.75) is 12.7 Å². The SMILES string of the molecule is Cc1cccc(CS(=O)(=O)N(C)c2ccc3c(c2)OCO3)c1. The summed E-state index contributed by atoms with van der Waals surface area (Å²) in [5.41, 5.74) is 2.36. The van der Waals surface area contributed by atoms with E-state index < -0.39 is 10.0 Å². The molecule has 0 unspecified atom stereocenters. The third-order valence-electron chi connectivity index (χ3n) is 3.57. The van der Waals surface area contributed by atoms with Gasteiger partial charge in [0, 0.05) is 13.1 Å². The van der Waals surface area contributed by atoms with Crippen LogP contribution < -0.4 is 13.8 Å². The molecule has 0 amide bonds. The third-order valence-corrected chi connectivity index (χ3v) is 5.31. The van der Waals surface area contributed by atoms with E-state index in [1.54, 1.807) is 25.2 Å².